The van der Waals surface area contributed by atoms with E-state index < -0.39 is 0 Å². The fourth-order valence-corrected chi connectivity index (χ4v) is 7.35. The Kier molecular flexibility index (Phi) is 4.26. The topological polar surface area (TPSA) is 3.24 Å². The van der Waals surface area contributed by atoms with Gasteiger partial charge in [-0.1, -0.05) is 72.8 Å². The third-order valence-corrected chi connectivity index (χ3v) is 8.65. The quantitative estimate of drug-likeness (QED) is 0.255. The summed E-state index contributed by atoms with van der Waals surface area (Å²) in [4.78, 5) is 2.38. The highest BCUT2D eigenvalue weighted by Gasteiger charge is 2.19. The van der Waals surface area contributed by atoms with Crippen LogP contribution < -0.4 is 4.90 Å². The maximum Gasteiger partial charge on any atom is 0.0640 e. The first-order chi connectivity index (χ1) is 16.4. The molecule has 0 spiro atoms. The van der Waals surface area contributed by atoms with Gasteiger partial charge < -0.3 is 4.90 Å². The molecule has 3 heteroatoms. The number of benzene rings is 5. The molecule has 7 rings (SSSR count). The normalized spacial score (nSPS) is 11.6. The maximum atomic E-state index is 2.38. The zero-order valence-electron chi connectivity index (χ0n) is 17.7. The van der Waals surface area contributed by atoms with E-state index >= 15 is 0 Å². The van der Waals surface area contributed by atoms with Gasteiger partial charge in [-0.05, 0) is 42.5 Å². The second-order valence-electron chi connectivity index (χ2n) is 8.18. The molecule has 0 aliphatic carbocycles. The summed E-state index contributed by atoms with van der Waals surface area (Å²) in [5, 5.41) is 5.42. The van der Waals surface area contributed by atoms with Crippen molar-refractivity contribution in [2.75, 3.05) is 4.90 Å². The molecular weight excluding hydrogens is 438 g/mol. The van der Waals surface area contributed by atoms with E-state index in [0.29, 0.717) is 0 Å². The molecule has 1 nitrogen and oxygen atoms in total. The van der Waals surface area contributed by atoms with Crippen molar-refractivity contribution in [2.45, 2.75) is 0 Å². The van der Waals surface area contributed by atoms with Gasteiger partial charge in [0.1, 0.15) is 0 Å². The second kappa shape index (κ2) is 7.45. The minimum Gasteiger partial charge on any atom is -0.309 e. The predicted molar refractivity (Wildman–Crippen MR) is 147 cm³/mol. The predicted octanol–water partition coefficient (Wildman–Crippen LogP) is 9.89. The summed E-state index contributed by atoms with van der Waals surface area (Å²) in [5.41, 5.74) is 3.55. The third-order valence-electron chi connectivity index (χ3n) is 6.25. The van der Waals surface area contributed by atoms with Crippen molar-refractivity contribution >= 4 is 80.1 Å². The van der Waals surface area contributed by atoms with Gasteiger partial charge in [-0.15, -0.1) is 22.7 Å². The fraction of sp³-hybridized carbons (Fsp3) is 0. The van der Waals surface area contributed by atoms with Crippen LogP contribution >= 0.6 is 22.7 Å². The van der Waals surface area contributed by atoms with E-state index in [2.05, 4.69) is 120 Å². The molecule has 33 heavy (non-hydrogen) atoms. The van der Waals surface area contributed by atoms with E-state index in [-0.39, 0.29) is 0 Å². The van der Waals surface area contributed by atoms with Crippen LogP contribution in [0.25, 0.3) is 40.3 Å². The summed E-state index contributed by atoms with van der Waals surface area (Å²) >= 11 is 3.81. The van der Waals surface area contributed by atoms with E-state index in [0.717, 1.165) is 0 Å². The highest BCUT2D eigenvalue weighted by Crippen LogP contribution is 2.48. The Morgan fingerprint density at radius 3 is 1.82 bits per heavy atom. The Hall–Kier alpha value is -3.66. The van der Waals surface area contributed by atoms with Crippen LogP contribution in [0.5, 0.6) is 0 Å². The molecule has 0 aliphatic rings. The van der Waals surface area contributed by atoms with Crippen molar-refractivity contribution in [1.82, 2.24) is 0 Å². The lowest BCUT2D eigenvalue weighted by Gasteiger charge is -2.25. The monoisotopic (exact) mass is 457 g/mol. The number of hydrogen-bond acceptors (Lipinski definition) is 3. The zero-order chi connectivity index (χ0) is 21.8. The number of para-hydroxylation sites is 2. The summed E-state index contributed by atoms with van der Waals surface area (Å²) in [6.07, 6.45) is 0. The van der Waals surface area contributed by atoms with Crippen molar-refractivity contribution in [3.05, 3.63) is 115 Å². The number of thiophene rings is 2. The Balaban J connectivity index is 1.58. The van der Waals surface area contributed by atoms with Gasteiger partial charge in [0.2, 0.25) is 0 Å². The first kappa shape index (κ1) is 18.9. The summed E-state index contributed by atoms with van der Waals surface area (Å²) < 4.78 is 5.42. The van der Waals surface area contributed by atoms with Crippen LogP contribution in [0.3, 0.4) is 0 Å². The zero-order valence-corrected chi connectivity index (χ0v) is 19.4. The molecule has 5 aromatic carbocycles. The molecule has 0 amide bonds. The van der Waals surface area contributed by atoms with Gasteiger partial charge in [0.25, 0.3) is 0 Å². The molecule has 2 aromatic heterocycles. The van der Waals surface area contributed by atoms with Gasteiger partial charge >= 0.3 is 0 Å². The highest BCUT2D eigenvalue weighted by atomic mass is 32.1. The summed E-state index contributed by atoms with van der Waals surface area (Å²) in [7, 11) is 0. The molecule has 0 bridgehead atoms. The van der Waals surface area contributed by atoms with Crippen LogP contribution in [0.1, 0.15) is 0 Å². The van der Waals surface area contributed by atoms with E-state index in [1.807, 2.05) is 22.7 Å². The van der Waals surface area contributed by atoms with Crippen LogP contribution in [-0.4, -0.2) is 0 Å². The van der Waals surface area contributed by atoms with Crippen molar-refractivity contribution in [3.63, 3.8) is 0 Å². The van der Waals surface area contributed by atoms with Crippen molar-refractivity contribution in [3.8, 4) is 0 Å². The fourth-order valence-electron chi connectivity index (χ4n) is 4.81. The molecule has 0 radical (unpaired) electrons. The van der Waals surface area contributed by atoms with Crippen molar-refractivity contribution < 1.29 is 0 Å². The van der Waals surface area contributed by atoms with E-state index in [9.17, 15) is 0 Å². The molecule has 0 N–H and O–H groups in total. The lowest BCUT2D eigenvalue weighted by molar-refractivity contribution is 1.30. The van der Waals surface area contributed by atoms with Gasteiger partial charge in [0, 0.05) is 47.0 Å². The lowest BCUT2D eigenvalue weighted by Crippen LogP contribution is -2.09. The minimum atomic E-state index is 1.17. The molecule has 0 aliphatic heterocycles. The van der Waals surface area contributed by atoms with Gasteiger partial charge in [0.15, 0.2) is 0 Å². The average Bonchev–Trinajstić information content (AvgIpc) is 3.44. The van der Waals surface area contributed by atoms with Gasteiger partial charge in [-0.2, -0.15) is 0 Å². The van der Waals surface area contributed by atoms with Crippen LogP contribution in [0, 0.1) is 0 Å². The molecule has 0 saturated carbocycles. The maximum absolute atomic E-state index is 2.38. The SMILES string of the molecule is c1ccc(N(c2ccccc2)c2cccc3c2sc2c3ccc3sc4ccccc4c32)cc1. The van der Waals surface area contributed by atoms with Crippen LogP contribution in [0.15, 0.2) is 115 Å². The van der Waals surface area contributed by atoms with Crippen LogP contribution in [-0.2, 0) is 0 Å². The molecule has 0 fully saturated rings. The molecule has 2 heterocycles. The molecule has 7 aromatic rings. The average molecular weight is 458 g/mol. The Bertz CT molecular complexity index is 1720. The molecule has 0 unspecified atom stereocenters. The van der Waals surface area contributed by atoms with Gasteiger partial charge in [-0.3, -0.25) is 0 Å². The number of fused-ring (bicyclic) bond motifs is 7. The van der Waals surface area contributed by atoms with E-state index in [1.165, 1.54) is 57.4 Å². The summed E-state index contributed by atoms with van der Waals surface area (Å²) in [6, 6.07) is 41.4. The number of hydrogen-bond donors (Lipinski definition) is 0. The first-order valence-corrected chi connectivity index (χ1v) is 12.7. The Morgan fingerprint density at radius 1 is 0.424 bits per heavy atom. The number of nitrogens with zero attached hydrogens (tertiary/aromatic N) is 1. The van der Waals surface area contributed by atoms with Gasteiger partial charge in [0.05, 0.1) is 10.4 Å². The molecule has 0 saturated heterocycles. The summed E-state index contributed by atoms with van der Waals surface area (Å²) in [5.74, 6) is 0. The lowest BCUT2D eigenvalue weighted by atomic mass is 10.1. The Morgan fingerprint density at radius 2 is 1.06 bits per heavy atom. The van der Waals surface area contributed by atoms with Crippen molar-refractivity contribution in [1.29, 1.82) is 0 Å². The standard InChI is InChI=1S/C30H19NS2/c1-3-10-20(11-4-1)31(21-12-5-2-6-13-21)25-16-9-15-22-23-18-19-27-28(30(23)33-29(22)25)24-14-7-8-17-26(24)32-27/h1-19H. The van der Waals surface area contributed by atoms with E-state index in [4.69, 9.17) is 0 Å². The largest absolute Gasteiger partial charge is 0.309 e. The smallest absolute Gasteiger partial charge is 0.0640 e. The van der Waals surface area contributed by atoms with Crippen LogP contribution in [0.4, 0.5) is 17.1 Å². The first-order valence-electron chi connectivity index (χ1n) is 11.0. The number of rotatable bonds is 3. The number of anilines is 3. The minimum absolute atomic E-state index is 1.17. The molecule has 0 atom stereocenters. The second-order valence-corrected chi connectivity index (χ2v) is 10.3. The van der Waals surface area contributed by atoms with Crippen molar-refractivity contribution in [2.24, 2.45) is 0 Å². The van der Waals surface area contributed by atoms with E-state index in [1.54, 1.807) is 0 Å². The molecule has 156 valence electrons. The van der Waals surface area contributed by atoms with Gasteiger partial charge in [-0.25, -0.2) is 0 Å². The highest BCUT2D eigenvalue weighted by molar-refractivity contribution is 7.30. The third kappa shape index (κ3) is 2.90. The Labute approximate surface area is 199 Å². The van der Waals surface area contributed by atoms with Crippen LogP contribution in [0.2, 0.25) is 0 Å². The molecular formula is C30H19NS2. The summed E-state index contributed by atoms with van der Waals surface area (Å²) in [6.45, 7) is 0.